The molecular weight excluding hydrogens is 563 g/mol. The summed E-state index contributed by atoms with van der Waals surface area (Å²) < 4.78 is 1.48. The molecule has 4 heterocycles. The van der Waals surface area contributed by atoms with Crippen LogP contribution >= 0.6 is 11.6 Å². The monoisotopic (exact) mass is 594 g/mol. The van der Waals surface area contributed by atoms with Gasteiger partial charge >= 0.3 is 5.69 Å². The Morgan fingerprint density at radius 3 is 2.42 bits per heavy atom. The molecule has 5 rings (SSSR count). The average Bonchev–Trinajstić information content (AvgIpc) is 2.96. The second-order valence-electron chi connectivity index (χ2n) is 11.2. The number of carbonyl (C=O) groups is 2. The molecule has 43 heavy (non-hydrogen) atoms. The molecule has 11 heteroatoms. The fourth-order valence-electron chi connectivity index (χ4n) is 5.93. The molecule has 1 amide bonds. The van der Waals surface area contributed by atoms with Crippen LogP contribution < -0.4 is 10.6 Å². The van der Waals surface area contributed by atoms with Gasteiger partial charge in [0.25, 0.3) is 0 Å². The van der Waals surface area contributed by atoms with Crippen LogP contribution in [0.2, 0.25) is 5.02 Å². The molecule has 1 fully saturated rings. The first-order chi connectivity index (χ1) is 20.4. The van der Waals surface area contributed by atoms with Gasteiger partial charge in [-0.1, -0.05) is 56.3 Å². The minimum absolute atomic E-state index is 0.00518. The van der Waals surface area contributed by atoms with E-state index in [9.17, 15) is 14.4 Å². The van der Waals surface area contributed by atoms with Crippen LogP contribution in [-0.2, 0) is 4.79 Å². The third-order valence-corrected chi connectivity index (χ3v) is 8.11. The number of pyridine rings is 2. The van der Waals surface area contributed by atoms with Crippen LogP contribution in [0.4, 0.5) is 5.82 Å². The fourth-order valence-corrected chi connectivity index (χ4v) is 6.18. The summed E-state index contributed by atoms with van der Waals surface area (Å²) in [5, 5.41) is 0.812. The van der Waals surface area contributed by atoms with Gasteiger partial charge in [0.05, 0.1) is 27.5 Å². The molecule has 218 valence electrons. The Labute approximate surface area is 256 Å². The highest BCUT2D eigenvalue weighted by molar-refractivity contribution is 6.63. The Hall–Kier alpha value is -4.31. The number of halogens is 1. The number of benzene rings is 1. The molecule has 0 spiro atoms. The smallest absolute Gasteiger partial charge is 0.347 e. The number of piperazine rings is 1. The molecule has 0 bridgehead atoms. The lowest BCUT2D eigenvalue weighted by Crippen LogP contribution is -2.58. The van der Waals surface area contributed by atoms with Gasteiger partial charge in [0.15, 0.2) is 13.5 Å². The molecule has 1 saturated heterocycles. The number of carbonyl (C=O) groups excluding carboxylic acids is 2. The highest BCUT2D eigenvalue weighted by Crippen LogP contribution is 2.37. The summed E-state index contributed by atoms with van der Waals surface area (Å²) in [4.78, 5) is 56.9. The average molecular weight is 595 g/mol. The quantitative estimate of drug-likeness (QED) is 0.232. The van der Waals surface area contributed by atoms with E-state index >= 15 is 0 Å². The third kappa shape index (κ3) is 5.36. The van der Waals surface area contributed by atoms with E-state index in [4.69, 9.17) is 24.4 Å². The van der Waals surface area contributed by atoms with E-state index in [1.807, 2.05) is 45.6 Å². The van der Waals surface area contributed by atoms with Crippen molar-refractivity contribution in [3.63, 3.8) is 0 Å². The maximum Gasteiger partial charge on any atom is 0.355 e. The normalized spacial score (nSPS) is 17.0. The summed E-state index contributed by atoms with van der Waals surface area (Å²) in [5.41, 5.74) is 2.31. The lowest BCUT2D eigenvalue weighted by molar-refractivity contribution is -0.127. The highest BCUT2D eigenvalue weighted by Gasteiger charge is 2.34. The Morgan fingerprint density at radius 1 is 1.12 bits per heavy atom. The van der Waals surface area contributed by atoms with Gasteiger partial charge in [0, 0.05) is 42.5 Å². The van der Waals surface area contributed by atoms with Gasteiger partial charge in [-0.05, 0) is 50.5 Å². The first kappa shape index (κ1) is 30.2. The molecule has 0 saturated carbocycles. The predicted molar refractivity (Wildman–Crippen MR) is 170 cm³/mol. The van der Waals surface area contributed by atoms with Crippen LogP contribution in [0.3, 0.4) is 0 Å². The second kappa shape index (κ2) is 11.8. The molecule has 1 aliphatic heterocycles. The van der Waals surface area contributed by atoms with Crippen molar-refractivity contribution in [2.45, 2.75) is 52.6 Å². The minimum Gasteiger partial charge on any atom is -0.347 e. The van der Waals surface area contributed by atoms with Crippen LogP contribution in [0.25, 0.3) is 28.0 Å². The molecule has 1 aliphatic rings. The van der Waals surface area contributed by atoms with Gasteiger partial charge < -0.3 is 14.6 Å². The summed E-state index contributed by atoms with van der Waals surface area (Å²) in [6, 6.07) is 10.0. The van der Waals surface area contributed by atoms with Crippen molar-refractivity contribution in [1.82, 2.24) is 24.4 Å². The minimum atomic E-state index is -0.624. The Kier molecular flexibility index (Phi) is 8.25. The number of nitrogens with zero attached hydrogens (tertiary/aromatic N) is 6. The number of amides is 1. The molecule has 1 aromatic carbocycles. The Balaban J connectivity index is 1.86. The lowest BCUT2D eigenvalue weighted by atomic mass is 9.90. The van der Waals surface area contributed by atoms with E-state index in [-0.39, 0.29) is 34.5 Å². The summed E-state index contributed by atoms with van der Waals surface area (Å²) in [6.07, 6.45) is 3.02. The van der Waals surface area contributed by atoms with Gasteiger partial charge in [-0.15, -0.1) is 0 Å². The van der Waals surface area contributed by atoms with Crippen molar-refractivity contribution in [2.24, 2.45) is 0 Å². The van der Waals surface area contributed by atoms with Crippen LogP contribution in [0, 0.1) is 6.92 Å². The van der Waals surface area contributed by atoms with E-state index in [0.29, 0.717) is 52.6 Å². The second-order valence-corrected chi connectivity index (χ2v) is 11.6. The summed E-state index contributed by atoms with van der Waals surface area (Å²) in [5.74, 6) is 0.260. The number of anilines is 1. The number of rotatable bonds is 6. The van der Waals surface area contributed by atoms with Crippen LogP contribution in [0.5, 0.6) is 0 Å². The maximum absolute atomic E-state index is 14.1. The maximum atomic E-state index is 14.1. The summed E-state index contributed by atoms with van der Waals surface area (Å²) >= 11 is 6.91. The SMILES string of the molecule is [B]C(=O)c1ccccc1-c1nc2c(cc1Cl)c(N1[C@@H](C)CN(C(=O)C=C)C[C@@H]1C)nc(=O)n2-c1c(C)ccnc1C(C)C. The summed E-state index contributed by atoms with van der Waals surface area (Å²) in [6.45, 7) is 14.3. The van der Waals surface area contributed by atoms with Crippen molar-refractivity contribution in [3.8, 4) is 16.9 Å². The Morgan fingerprint density at radius 2 is 1.79 bits per heavy atom. The van der Waals surface area contributed by atoms with Gasteiger partial charge in [-0.3, -0.25) is 9.78 Å². The number of aryl methyl sites for hydroxylation is 1. The first-order valence-corrected chi connectivity index (χ1v) is 14.5. The van der Waals surface area contributed by atoms with Crippen molar-refractivity contribution in [1.29, 1.82) is 0 Å². The number of hydrogen-bond acceptors (Lipinski definition) is 7. The van der Waals surface area contributed by atoms with Crippen molar-refractivity contribution in [3.05, 3.63) is 87.6 Å². The molecule has 2 atom stereocenters. The van der Waals surface area contributed by atoms with E-state index in [2.05, 4.69) is 16.5 Å². The molecular formula is C32H32BClN6O3. The van der Waals surface area contributed by atoms with Crippen molar-refractivity contribution < 1.29 is 9.59 Å². The van der Waals surface area contributed by atoms with Gasteiger partial charge in [-0.2, -0.15) is 4.98 Å². The predicted octanol–water partition coefficient (Wildman–Crippen LogP) is 4.85. The molecule has 0 N–H and O–H groups in total. The third-order valence-electron chi connectivity index (χ3n) is 7.82. The van der Waals surface area contributed by atoms with E-state index in [0.717, 1.165) is 5.56 Å². The van der Waals surface area contributed by atoms with Crippen molar-refractivity contribution in [2.75, 3.05) is 18.0 Å². The largest absolute Gasteiger partial charge is 0.355 e. The zero-order chi connectivity index (χ0) is 31.2. The highest BCUT2D eigenvalue weighted by atomic mass is 35.5. The first-order valence-electron chi connectivity index (χ1n) is 14.1. The number of fused-ring (bicyclic) bond motifs is 1. The standard InChI is InChI=1S/C32H32BClN6O3/c1-7-25(41)38-15-19(5)39(20(6)16-38)31-23-14-24(34)27(21-10-8-9-11-22(21)29(33)42)36-30(23)40(32(43)37-31)28-18(4)12-13-35-26(28)17(2)3/h7-14,17,19-20H,1,15-16H2,2-6H3/t19-,20-/m0/s1. The summed E-state index contributed by atoms with van der Waals surface area (Å²) in [7, 11) is 5.70. The van der Waals surface area contributed by atoms with Crippen molar-refractivity contribution >= 4 is 47.9 Å². The van der Waals surface area contributed by atoms with Gasteiger partial charge in [0.2, 0.25) is 5.91 Å². The Bertz CT molecular complexity index is 1830. The topological polar surface area (TPSA) is 101 Å². The zero-order valence-corrected chi connectivity index (χ0v) is 25.6. The molecule has 0 aliphatic carbocycles. The lowest BCUT2D eigenvalue weighted by Gasteiger charge is -2.45. The molecule has 9 nitrogen and oxygen atoms in total. The van der Waals surface area contributed by atoms with Crippen LogP contribution in [0.1, 0.15) is 55.2 Å². The van der Waals surface area contributed by atoms with E-state index < -0.39 is 11.4 Å². The molecule has 2 radical (unpaired) electrons. The van der Waals surface area contributed by atoms with Gasteiger partial charge in [0.1, 0.15) is 11.5 Å². The number of hydrogen-bond donors (Lipinski definition) is 0. The van der Waals surface area contributed by atoms with E-state index in [1.165, 1.54) is 10.6 Å². The zero-order valence-electron chi connectivity index (χ0n) is 24.8. The van der Waals surface area contributed by atoms with Crippen LogP contribution in [0.15, 0.2) is 60.0 Å². The van der Waals surface area contributed by atoms with Crippen LogP contribution in [-0.4, -0.2) is 69.0 Å². The van der Waals surface area contributed by atoms with Gasteiger partial charge in [-0.25, -0.2) is 14.3 Å². The molecule has 3 aromatic heterocycles. The molecule has 4 aromatic rings. The number of aromatic nitrogens is 4. The molecule has 0 unspecified atom stereocenters. The van der Waals surface area contributed by atoms with E-state index in [1.54, 1.807) is 41.4 Å². The fraction of sp³-hybridized carbons (Fsp3) is 0.312.